The number of anilines is 1. The van der Waals surface area contributed by atoms with Crippen molar-refractivity contribution in [2.45, 2.75) is 13.0 Å². The molecular weight excluding hydrogens is 208 g/mol. The van der Waals surface area contributed by atoms with Crippen LogP contribution in [0.4, 0.5) is 5.69 Å². The van der Waals surface area contributed by atoms with Gasteiger partial charge in [-0.3, -0.25) is 4.79 Å². The van der Waals surface area contributed by atoms with E-state index in [9.17, 15) is 4.79 Å². The van der Waals surface area contributed by atoms with Crippen molar-refractivity contribution < 1.29 is 4.79 Å². The maximum Gasteiger partial charge on any atom is 0.234 e. The summed E-state index contributed by atoms with van der Waals surface area (Å²) in [4.78, 5) is 11.3. The largest absolute Gasteiger partial charge is 0.325 e. The smallest absolute Gasteiger partial charge is 0.234 e. The molecule has 1 amide bonds. The first-order valence-corrected chi connectivity index (χ1v) is 6.17. The van der Waals surface area contributed by atoms with E-state index in [0.29, 0.717) is 5.75 Å². The second kappa shape index (κ2) is 5.78. The standard InChI is InChI=1S/C11H16N2OS/c1-8(12)9-3-5-10(6-4-9)13-11(14)7-15-2/h3-6,8H,7,12H2,1-2H3,(H,13,14). The molecule has 0 aliphatic carbocycles. The molecule has 1 aromatic rings. The molecule has 1 atom stereocenters. The van der Waals surface area contributed by atoms with Gasteiger partial charge in [0.2, 0.25) is 5.91 Å². The molecular formula is C11H16N2OS. The Balaban J connectivity index is 2.60. The zero-order valence-corrected chi connectivity index (χ0v) is 9.80. The van der Waals surface area contributed by atoms with E-state index in [1.165, 1.54) is 11.8 Å². The number of carbonyl (C=O) groups excluding carboxylic acids is 1. The third-order valence-corrected chi connectivity index (χ3v) is 2.55. The fourth-order valence-corrected chi connectivity index (χ4v) is 1.53. The lowest BCUT2D eigenvalue weighted by atomic mass is 10.1. The summed E-state index contributed by atoms with van der Waals surface area (Å²) in [6, 6.07) is 7.63. The monoisotopic (exact) mass is 224 g/mol. The topological polar surface area (TPSA) is 55.1 Å². The molecule has 0 fully saturated rings. The molecule has 4 heteroatoms. The number of rotatable bonds is 4. The maximum atomic E-state index is 11.3. The van der Waals surface area contributed by atoms with Gasteiger partial charge in [-0.05, 0) is 30.9 Å². The maximum absolute atomic E-state index is 11.3. The second-order valence-electron chi connectivity index (χ2n) is 3.39. The highest BCUT2D eigenvalue weighted by Gasteiger charge is 2.02. The Bertz CT molecular complexity index is 322. The summed E-state index contributed by atoms with van der Waals surface area (Å²) < 4.78 is 0. The van der Waals surface area contributed by atoms with Crippen molar-refractivity contribution in [3.8, 4) is 0 Å². The van der Waals surface area contributed by atoms with Gasteiger partial charge in [0.1, 0.15) is 0 Å². The fourth-order valence-electron chi connectivity index (χ4n) is 1.20. The summed E-state index contributed by atoms with van der Waals surface area (Å²) in [6.45, 7) is 1.93. The number of amides is 1. The van der Waals surface area contributed by atoms with Crippen molar-refractivity contribution in [2.24, 2.45) is 5.73 Å². The van der Waals surface area contributed by atoms with E-state index in [2.05, 4.69) is 5.32 Å². The molecule has 15 heavy (non-hydrogen) atoms. The van der Waals surface area contributed by atoms with Crippen LogP contribution in [0.25, 0.3) is 0 Å². The van der Waals surface area contributed by atoms with Crippen LogP contribution in [-0.2, 0) is 4.79 Å². The number of hydrogen-bond acceptors (Lipinski definition) is 3. The van der Waals surface area contributed by atoms with Crippen LogP contribution in [0.3, 0.4) is 0 Å². The molecule has 0 aliphatic rings. The summed E-state index contributed by atoms with van der Waals surface area (Å²) in [5.41, 5.74) is 7.61. The predicted octanol–water partition coefficient (Wildman–Crippen LogP) is 2.01. The molecule has 0 radical (unpaired) electrons. The van der Waals surface area contributed by atoms with Gasteiger partial charge in [0.05, 0.1) is 5.75 Å². The Kier molecular flexibility index (Phi) is 4.65. The molecule has 0 aromatic heterocycles. The van der Waals surface area contributed by atoms with Crippen molar-refractivity contribution in [3.63, 3.8) is 0 Å². The summed E-state index contributed by atoms with van der Waals surface area (Å²) in [5, 5.41) is 2.81. The summed E-state index contributed by atoms with van der Waals surface area (Å²) in [6.07, 6.45) is 1.90. The number of carbonyl (C=O) groups is 1. The molecule has 0 heterocycles. The zero-order valence-electron chi connectivity index (χ0n) is 8.99. The summed E-state index contributed by atoms with van der Waals surface area (Å²) in [5.74, 6) is 0.505. The molecule has 0 saturated carbocycles. The molecule has 1 unspecified atom stereocenters. The highest BCUT2D eigenvalue weighted by Crippen LogP contribution is 2.14. The van der Waals surface area contributed by atoms with E-state index >= 15 is 0 Å². The second-order valence-corrected chi connectivity index (χ2v) is 4.26. The quantitative estimate of drug-likeness (QED) is 0.822. The van der Waals surface area contributed by atoms with E-state index in [1.807, 2.05) is 37.4 Å². The number of nitrogens with two attached hydrogens (primary N) is 1. The van der Waals surface area contributed by atoms with E-state index in [4.69, 9.17) is 5.73 Å². The SMILES string of the molecule is CSCC(=O)Nc1ccc(C(C)N)cc1. The van der Waals surface area contributed by atoms with E-state index in [-0.39, 0.29) is 11.9 Å². The summed E-state index contributed by atoms with van der Waals surface area (Å²) in [7, 11) is 0. The highest BCUT2D eigenvalue weighted by atomic mass is 32.2. The van der Waals surface area contributed by atoms with Crippen LogP contribution < -0.4 is 11.1 Å². The van der Waals surface area contributed by atoms with Crippen LogP contribution >= 0.6 is 11.8 Å². The number of hydrogen-bond donors (Lipinski definition) is 2. The van der Waals surface area contributed by atoms with E-state index in [0.717, 1.165) is 11.3 Å². The van der Waals surface area contributed by atoms with Gasteiger partial charge in [0.25, 0.3) is 0 Å². The van der Waals surface area contributed by atoms with Gasteiger partial charge in [-0.2, -0.15) is 11.8 Å². The minimum absolute atomic E-state index is 0.0241. The molecule has 82 valence electrons. The first-order valence-electron chi connectivity index (χ1n) is 4.78. The van der Waals surface area contributed by atoms with Crippen LogP contribution in [0.2, 0.25) is 0 Å². The van der Waals surface area contributed by atoms with Gasteiger partial charge in [0, 0.05) is 11.7 Å². The van der Waals surface area contributed by atoms with E-state index < -0.39 is 0 Å². The van der Waals surface area contributed by atoms with Crippen LogP contribution in [0.15, 0.2) is 24.3 Å². The number of thioether (sulfide) groups is 1. The average Bonchev–Trinajstić information content (AvgIpc) is 2.18. The lowest BCUT2D eigenvalue weighted by molar-refractivity contribution is -0.113. The Hall–Kier alpha value is -1.00. The van der Waals surface area contributed by atoms with Gasteiger partial charge in [-0.1, -0.05) is 12.1 Å². The van der Waals surface area contributed by atoms with Crippen molar-refractivity contribution in [2.75, 3.05) is 17.3 Å². The Labute approximate surface area is 94.4 Å². The van der Waals surface area contributed by atoms with Crippen molar-refractivity contribution in [3.05, 3.63) is 29.8 Å². The van der Waals surface area contributed by atoms with Gasteiger partial charge in [-0.15, -0.1) is 0 Å². The van der Waals surface area contributed by atoms with Crippen LogP contribution in [0.5, 0.6) is 0 Å². The number of nitrogens with one attached hydrogen (secondary N) is 1. The van der Waals surface area contributed by atoms with Gasteiger partial charge in [-0.25, -0.2) is 0 Å². The highest BCUT2D eigenvalue weighted by molar-refractivity contribution is 7.99. The third-order valence-electron chi connectivity index (χ3n) is 2.00. The Morgan fingerprint density at radius 1 is 1.47 bits per heavy atom. The molecule has 3 N–H and O–H groups in total. The third kappa shape index (κ3) is 3.93. The van der Waals surface area contributed by atoms with Gasteiger partial charge < -0.3 is 11.1 Å². The molecule has 0 aliphatic heterocycles. The first kappa shape index (κ1) is 12.1. The van der Waals surface area contributed by atoms with Crippen molar-refractivity contribution in [1.29, 1.82) is 0 Å². The van der Waals surface area contributed by atoms with Crippen molar-refractivity contribution >= 4 is 23.4 Å². The summed E-state index contributed by atoms with van der Waals surface area (Å²) >= 11 is 1.50. The number of benzene rings is 1. The first-order chi connectivity index (χ1) is 7.13. The van der Waals surface area contributed by atoms with Crippen LogP contribution in [0, 0.1) is 0 Å². The Morgan fingerprint density at radius 3 is 2.53 bits per heavy atom. The molecule has 0 saturated heterocycles. The molecule has 1 aromatic carbocycles. The zero-order chi connectivity index (χ0) is 11.3. The van der Waals surface area contributed by atoms with Crippen molar-refractivity contribution in [1.82, 2.24) is 0 Å². The molecule has 1 rings (SSSR count). The lowest BCUT2D eigenvalue weighted by Gasteiger charge is -2.07. The van der Waals surface area contributed by atoms with Gasteiger partial charge >= 0.3 is 0 Å². The minimum atomic E-state index is 0.0241. The van der Waals surface area contributed by atoms with E-state index in [1.54, 1.807) is 0 Å². The normalized spacial score (nSPS) is 12.2. The van der Waals surface area contributed by atoms with Gasteiger partial charge in [0.15, 0.2) is 0 Å². The fraction of sp³-hybridized carbons (Fsp3) is 0.364. The molecule has 0 bridgehead atoms. The lowest BCUT2D eigenvalue weighted by Crippen LogP contribution is -2.13. The van der Waals surface area contributed by atoms with Crippen LogP contribution in [0.1, 0.15) is 18.5 Å². The minimum Gasteiger partial charge on any atom is -0.325 e. The molecule has 0 spiro atoms. The predicted molar refractivity (Wildman–Crippen MR) is 66.1 cm³/mol. The average molecular weight is 224 g/mol. The van der Waals surface area contributed by atoms with Crippen LogP contribution in [-0.4, -0.2) is 17.9 Å². The Morgan fingerprint density at radius 2 is 2.07 bits per heavy atom. The molecule has 3 nitrogen and oxygen atoms in total.